The highest BCUT2D eigenvalue weighted by Gasteiger charge is 2.29. The van der Waals surface area contributed by atoms with Crippen LogP contribution in [0.4, 0.5) is 4.79 Å². The van der Waals surface area contributed by atoms with Crippen LogP contribution in [0.3, 0.4) is 0 Å². The second-order valence-corrected chi connectivity index (χ2v) is 5.62. The largest absolute Gasteiger partial charge is 0.373 e. The maximum Gasteiger partial charge on any atom is 0.315 e. The molecule has 1 fully saturated rings. The molecule has 0 saturated carbocycles. The summed E-state index contributed by atoms with van der Waals surface area (Å²) < 4.78 is 5.84. The second-order valence-electron chi connectivity index (χ2n) is 5.62. The summed E-state index contributed by atoms with van der Waals surface area (Å²) in [6, 6.07) is 10.4. The van der Waals surface area contributed by atoms with E-state index in [-0.39, 0.29) is 18.2 Å². The van der Waals surface area contributed by atoms with E-state index in [0.717, 1.165) is 25.9 Å². The number of benzene rings is 1. The molecule has 0 radical (unpaired) electrons. The molecule has 0 unspecified atom stereocenters. The fourth-order valence-electron chi connectivity index (χ4n) is 2.81. The van der Waals surface area contributed by atoms with Crippen LogP contribution in [0, 0.1) is 5.92 Å². The maximum atomic E-state index is 11.9. The molecule has 2 N–H and O–H groups in total. The van der Waals surface area contributed by atoms with E-state index in [2.05, 4.69) is 36.6 Å². The van der Waals surface area contributed by atoms with Crippen LogP contribution >= 0.6 is 0 Å². The van der Waals surface area contributed by atoms with E-state index >= 15 is 0 Å². The zero-order valence-corrected chi connectivity index (χ0v) is 13.0. The topological polar surface area (TPSA) is 50.4 Å². The van der Waals surface area contributed by atoms with Crippen LogP contribution in [0.5, 0.6) is 0 Å². The molecule has 21 heavy (non-hydrogen) atoms. The van der Waals surface area contributed by atoms with Crippen molar-refractivity contribution < 1.29 is 9.53 Å². The van der Waals surface area contributed by atoms with Crippen LogP contribution in [-0.4, -0.2) is 25.2 Å². The standard InChI is InChI=1S/C17H26N2O2/c1-3-15(4-2)19-17(20)18-12-14-10-11-21-16(14)13-8-6-5-7-9-13/h5-9,14-16H,3-4,10-12H2,1-2H3,(H2,18,19,20)/t14-,16-/m1/s1. The van der Waals surface area contributed by atoms with Crippen molar-refractivity contribution in [2.24, 2.45) is 5.92 Å². The molecule has 2 atom stereocenters. The average molecular weight is 290 g/mol. The SMILES string of the molecule is CCC(CC)NC(=O)NC[C@H]1CCO[C@@H]1c1ccccc1. The third kappa shape index (κ3) is 4.46. The van der Waals surface area contributed by atoms with Crippen molar-refractivity contribution in [2.45, 2.75) is 45.3 Å². The van der Waals surface area contributed by atoms with Gasteiger partial charge in [-0.1, -0.05) is 44.2 Å². The Kier molecular flexibility index (Phi) is 6.05. The van der Waals surface area contributed by atoms with Gasteiger partial charge in [-0.05, 0) is 24.8 Å². The van der Waals surface area contributed by atoms with Crippen LogP contribution in [0.15, 0.2) is 30.3 Å². The number of urea groups is 1. The van der Waals surface area contributed by atoms with E-state index in [1.165, 1.54) is 5.56 Å². The second kappa shape index (κ2) is 8.03. The minimum Gasteiger partial charge on any atom is -0.373 e. The van der Waals surface area contributed by atoms with E-state index in [4.69, 9.17) is 4.74 Å². The van der Waals surface area contributed by atoms with Gasteiger partial charge < -0.3 is 15.4 Å². The molecule has 4 nitrogen and oxygen atoms in total. The Balaban J connectivity index is 1.83. The third-order valence-electron chi connectivity index (χ3n) is 4.19. The number of ether oxygens (including phenoxy) is 1. The zero-order chi connectivity index (χ0) is 15.1. The Hall–Kier alpha value is -1.55. The molecule has 4 heteroatoms. The van der Waals surface area contributed by atoms with Crippen molar-refractivity contribution in [3.63, 3.8) is 0 Å². The fourth-order valence-corrected chi connectivity index (χ4v) is 2.81. The third-order valence-corrected chi connectivity index (χ3v) is 4.19. The van der Waals surface area contributed by atoms with Crippen LogP contribution < -0.4 is 10.6 Å². The molecule has 1 aromatic carbocycles. The summed E-state index contributed by atoms with van der Waals surface area (Å²) in [5.74, 6) is 0.347. The molecule has 0 spiro atoms. The highest BCUT2D eigenvalue weighted by atomic mass is 16.5. The molecule has 2 rings (SSSR count). The Bertz CT molecular complexity index is 432. The highest BCUT2D eigenvalue weighted by molar-refractivity contribution is 5.74. The van der Waals surface area contributed by atoms with E-state index in [1.54, 1.807) is 0 Å². The van der Waals surface area contributed by atoms with Gasteiger partial charge in [-0.15, -0.1) is 0 Å². The van der Waals surface area contributed by atoms with Crippen molar-refractivity contribution in [2.75, 3.05) is 13.2 Å². The van der Waals surface area contributed by atoms with Crippen LogP contribution in [0.1, 0.15) is 44.8 Å². The Morgan fingerprint density at radius 2 is 2.00 bits per heavy atom. The molecule has 116 valence electrons. The van der Waals surface area contributed by atoms with Crippen molar-refractivity contribution >= 4 is 6.03 Å². The molecular formula is C17H26N2O2. The molecule has 1 saturated heterocycles. The first-order valence-corrected chi connectivity index (χ1v) is 7.95. The summed E-state index contributed by atoms with van der Waals surface area (Å²) in [4.78, 5) is 11.9. The number of carbonyl (C=O) groups excluding carboxylic acids is 1. The number of amides is 2. The first-order chi connectivity index (χ1) is 10.2. The molecule has 0 bridgehead atoms. The van der Waals surface area contributed by atoms with Gasteiger partial charge in [-0.3, -0.25) is 0 Å². The lowest BCUT2D eigenvalue weighted by Crippen LogP contribution is -2.43. The molecule has 0 aliphatic carbocycles. The van der Waals surface area contributed by atoms with Crippen LogP contribution in [0.2, 0.25) is 0 Å². The molecule has 2 amide bonds. The Morgan fingerprint density at radius 3 is 2.67 bits per heavy atom. The summed E-state index contributed by atoms with van der Waals surface area (Å²) in [6.07, 6.45) is 3.01. The quantitative estimate of drug-likeness (QED) is 0.845. The van der Waals surface area contributed by atoms with Gasteiger partial charge >= 0.3 is 6.03 Å². The molecule has 0 aromatic heterocycles. The first-order valence-electron chi connectivity index (χ1n) is 7.95. The predicted octanol–water partition coefficient (Wildman–Crippen LogP) is 3.25. The van der Waals surface area contributed by atoms with Gasteiger partial charge in [0.1, 0.15) is 0 Å². The smallest absolute Gasteiger partial charge is 0.315 e. The van der Waals surface area contributed by atoms with E-state index < -0.39 is 0 Å². The van der Waals surface area contributed by atoms with Gasteiger partial charge in [-0.25, -0.2) is 4.79 Å². The minimum absolute atomic E-state index is 0.0672. The molecular weight excluding hydrogens is 264 g/mol. The van der Waals surface area contributed by atoms with Gasteiger partial charge in [-0.2, -0.15) is 0 Å². The van der Waals surface area contributed by atoms with Gasteiger partial charge in [0.05, 0.1) is 6.10 Å². The molecule has 1 aliphatic heterocycles. The number of hydrogen-bond donors (Lipinski definition) is 2. The van der Waals surface area contributed by atoms with Crippen molar-refractivity contribution in [1.29, 1.82) is 0 Å². The lowest BCUT2D eigenvalue weighted by atomic mass is 9.95. The molecule has 1 aliphatic rings. The lowest BCUT2D eigenvalue weighted by molar-refractivity contribution is 0.0909. The van der Waals surface area contributed by atoms with Crippen molar-refractivity contribution in [3.8, 4) is 0 Å². The Labute approximate surface area is 127 Å². The van der Waals surface area contributed by atoms with E-state index in [0.29, 0.717) is 12.5 Å². The number of nitrogens with one attached hydrogen (secondary N) is 2. The Morgan fingerprint density at radius 1 is 1.29 bits per heavy atom. The highest BCUT2D eigenvalue weighted by Crippen LogP contribution is 2.33. The summed E-state index contributed by atoms with van der Waals surface area (Å²) in [5.41, 5.74) is 1.20. The van der Waals surface area contributed by atoms with Gasteiger partial charge in [0.2, 0.25) is 0 Å². The van der Waals surface area contributed by atoms with Gasteiger partial charge in [0, 0.05) is 25.1 Å². The summed E-state index contributed by atoms with van der Waals surface area (Å²) in [5, 5.41) is 6.00. The monoisotopic (exact) mass is 290 g/mol. The summed E-state index contributed by atoms with van der Waals surface area (Å²) in [6.45, 7) is 5.60. The lowest BCUT2D eigenvalue weighted by Gasteiger charge is -2.21. The number of carbonyl (C=O) groups is 1. The summed E-state index contributed by atoms with van der Waals surface area (Å²) >= 11 is 0. The van der Waals surface area contributed by atoms with E-state index in [1.807, 2.05) is 18.2 Å². The van der Waals surface area contributed by atoms with Crippen molar-refractivity contribution in [1.82, 2.24) is 10.6 Å². The minimum atomic E-state index is -0.0672. The van der Waals surface area contributed by atoms with Crippen LogP contribution in [0.25, 0.3) is 0 Å². The summed E-state index contributed by atoms with van der Waals surface area (Å²) in [7, 11) is 0. The predicted molar refractivity (Wildman–Crippen MR) is 84.1 cm³/mol. The number of rotatable bonds is 6. The first kappa shape index (κ1) is 15.8. The zero-order valence-electron chi connectivity index (χ0n) is 13.0. The van der Waals surface area contributed by atoms with E-state index in [9.17, 15) is 4.79 Å². The maximum absolute atomic E-state index is 11.9. The average Bonchev–Trinajstić information content (AvgIpc) is 3.00. The van der Waals surface area contributed by atoms with Gasteiger partial charge in [0.15, 0.2) is 0 Å². The fraction of sp³-hybridized carbons (Fsp3) is 0.588. The molecule has 1 aromatic rings. The number of hydrogen-bond acceptors (Lipinski definition) is 2. The molecule has 1 heterocycles. The van der Waals surface area contributed by atoms with Gasteiger partial charge in [0.25, 0.3) is 0 Å². The van der Waals surface area contributed by atoms with Crippen molar-refractivity contribution in [3.05, 3.63) is 35.9 Å². The van der Waals surface area contributed by atoms with Crippen LogP contribution in [-0.2, 0) is 4.74 Å². The normalized spacial score (nSPS) is 21.5.